The van der Waals surface area contributed by atoms with E-state index in [9.17, 15) is 8.42 Å². The molecule has 2 rings (SSSR count). The Bertz CT molecular complexity index is 462. The van der Waals surface area contributed by atoms with Gasteiger partial charge in [-0.25, -0.2) is 13.1 Å². The fraction of sp³-hybridized carbons (Fsp3) is 0.600. The first-order valence-corrected chi connectivity index (χ1v) is 6.99. The second-order valence-corrected chi connectivity index (χ2v) is 5.61. The standard InChI is InChI=1S/C10H16N2O4S/c11-6-9-3-4-10(16-9)17(13,14)12-8-2-1-5-15-7-8/h3-4,8,12H,1-2,5-7,11H2. The average Bonchev–Trinajstić information content (AvgIpc) is 2.79. The van der Waals surface area contributed by atoms with Crippen molar-refractivity contribution in [1.82, 2.24) is 4.72 Å². The lowest BCUT2D eigenvalue weighted by Gasteiger charge is -2.22. The van der Waals surface area contributed by atoms with E-state index in [1.807, 2.05) is 0 Å². The van der Waals surface area contributed by atoms with Crippen molar-refractivity contribution in [3.63, 3.8) is 0 Å². The van der Waals surface area contributed by atoms with Gasteiger partial charge in [0.05, 0.1) is 13.2 Å². The molecule has 1 aromatic heterocycles. The summed E-state index contributed by atoms with van der Waals surface area (Å²) in [5.41, 5.74) is 5.36. The van der Waals surface area contributed by atoms with Gasteiger partial charge < -0.3 is 14.9 Å². The summed E-state index contributed by atoms with van der Waals surface area (Å²) in [6, 6.07) is 2.79. The van der Waals surface area contributed by atoms with Gasteiger partial charge in [0.15, 0.2) is 0 Å². The third kappa shape index (κ3) is 3.06. The first kappa shape index (κ1) is 12.6. The van der Waals surface area contributed by atoms with E-state index in [1.54, 1.807) is 6.07 Å². The second-order valence-electron chi connectivity index (χ2n) is 3.96. The van der Waals surface area contributed by atoms with Crippen molar-refractivity contribution in [3.8, 4) is 0 Å². The molecule has 1 aromatic rings. The van der Waals surface area contributed by atoms with Gasteiger partial charge in [0.25, 0.3) is 10.0 Å². The van der Waals surface area contributed by atoms with Crippen molar-refractivity contribution < 1.29 is 17.6 Å². The molecule has 1 saturated heterocycles. The van der Waals surface area contributed by atoms with Crippen LogP contribution in [0.15, 0.2) is 21.6 Å². The normalized spacial score (nSPS) is 21.6. The van der Waals surface area contributed by atoms with Crippen molar-refractivity contribution in [1.29, 1.82) is 0 Å². The van der Waals surface area contributed by atoms with Gasteiger partial charge in [0.2, 0.25) is 5.09 Å². The number of nitrogens with two attached hydrogens (primary N) is 1. The fourth-order valence-corrected chi connectivity index (χ4v) is 2.93. The highest BCUT2D eigenvalue weighted by atomic mass is 32.2. The molecule has 7 heteroatoms. The zero-order chi connectivity index (χ0) is 12.3. The molecule has 6 nitrogen and oxygen atoms in total. The van der Waals surface area contributed by atoms with Crippen molar-refractivity contribution in [2.45, 2.75) is 30.5 Å². The van der Waals surface area contributed by atoms with Crippen molar-refractivity contribution >= 4 is 10.0 Å². The van der Waals surface area contributed by atoms with Gasteiger partial charge >= 0.3 is 0 Å². The first-order valence-electron chi connectivity index (χ1n) is 5.50. The molecular formula is C10H16N2O4S. The van der Waals surface area contributed by atoms with E-state index in [1.165, 1.54) is 6.07 Å². The van der Waals surface area contributed by atoms with E-state index in [-0.39, 0.29) is 17.7 Å². The highest BCUT2D eigenvalue weighted by Gasteiger charge is 2.24. The monoisotopic (exact) mass is 260 g/mol. The summed E-state index contributed by atoms with van der Waals surface area (Å²) >= 11 is 0. The second kappa shape index (κ2) is 5.18. The van der Waals surface area contributed by atoms with Crippen LogP contribution < -0.4 is 10.5 Å². The molecule has 1 fully saturated rings. The van der Waals surface area contributed by atoms with Crippen LogP contribution in [0.2, 0.25) is 0 Å². The van der Waals surface area contributed by atoms with Crippen LogP contribution in [-0.4, -0.2) is 27.7 Å². The Kier molecular flexibility index (Phi) is 3.82. The Hall–Kier alpha value is -0.890. The molecule has 1 unspecified atom stereocenters. The summed E-state index contributed by atoms with van der Waals surface area (Å²) in [7, 11) is -3.60. The van der Waals surface area contributed by atoms with Crippen LogP contribution in [0.5, 0.6) is 0 Å². The number of rotatable bonds is 4. The molecule has 17 heavy (non-hydrogen) atoms. The fourth-order valence-electron chi connectivity index (χ4n) is 1.72. The first-order chi connectivity index (χ1) is 8.12. The van der Waals surface area contributed by atoms with Gasteiger partial charge in [0, 0.05) is 12.6 Å². The molecule has 0 spiro atoms. The van der Waals surface area contributed by atoms with Crippen LogP contribution in [-0.2, 0) is 21.3 Å². The Morgan fingerprint density at radius 1 is 1.47 bits per heavy atom. The highest BCUT2D eigenvalue weighted by Crippen LogP contribution is 2.15. The highest BCUT2D eigenvalue weighted by molar-refractivity contribution is 7.89. The Labute approximate surface area is 100 Å². The van der Waals surface area contributed by atoms with Crippen LogP contribution in [0.1, 0.15) is 18.6 Å². The quantitative estimate of drug-likeness (QED) is 0.806. The lowest BCUT2D eigenvalue weighted by Crippen LogP contribution is -2.40. The molecule has 0 amide bonds. The molecule has 1 aliphatic rings. The maximum atomic E-state index is 11.9. The maximum Gasteiger partial charge on any atom is 0.274 e. The molecule has 2 heterocycles. The lowest BCUT2D eigenvalue weighted by atomic mass is 10.1. The third-order valence-corrected chi connectivity index (χ3v) is 3.98. The predicted molar refractivity (Wildman–Crippen MR) is 60.8 cm³/mol. The van der Waals surface area contributed by atoms with Gasteiger partial charge in [-0.3, -0.25) is 0 Å². The smallest absolute Gasteiger partial charge is 0.274 e. The zero-order valence-electron chi connectivity index (χ0n) is 9.39. The summed E-state index contributed by atoms with van der Waals surface area (Å²) in [6.45, 7) is 1.28. The van der Waals surface area contributed by atoms with E-state index in [0.717, 1.165) is 12.8 Å². The number of hydrogen-bond donors (Lipinski definition) is 2. The van der Waals surface area contributed by atoms with Gasteiger partial charge in [0.1, 0.15) is 5.76 Å². The Morgan fingerprint density at radius 3 is 2.88 bits per heavy atom. The summed E-state index contributed by atoms with van der Waals surface area (Å²) in [5, 5.41) is -0.0940. The molecule has 0 saturated carbocycles. The number of furan rings is 1. The number of sulfonamides is 1. The molecule has 3 N–H and O–H groups in total. The van der Waals surface area contributed by atoms with E-state index in [0.29, 0.717) is 19.0 Å². The molecule has 0 aromatic carbocycles. The SMILES string of the molecule is NCc1ccc(S(=O)(=O)NC2CCCOC2)o1. The maximum absolute atomic E-state index is 11.9. The summed E-state index contributed by atoms with van der Waals surface area (Å²) in [4.78, 5) is 0. The van der Waals surface area contributed by atoms with E-state index in [4.69, 9.17) is 14.9 Å². The summed E-state index contributed by atoms with van der Waals surface area (Å²) < 4.78 is 36.8. The van der Waals surface area contributed by atoms with Crippen molar-refractivity contribution in [2.24, 2.45) is 5.73 Å². The molecule has 1 aliphatic heterocycles. The zero-order valence-corrected chi connectivity index (χ0v) is 10.2. The topological polar surface area (TPSA) is 94.6 Å². The van der Waals surface area contributed by atoms with Crippen LogP contribution in [0.3, 0.4) is 0 Å². The lowest BCUT2D eigenvalue weighted by molar-refractivity contribution is 0.0773. The Morgan fingerprint density at radius 2 is 2.29 bits per heavy atom. The number of hydrogen-bond acceptors (Lipinski definition) is 5. The summed E-state index contributed by atoms with van der Waals surface area (Å²) in [6.07, 6.45) is 1.64. The van der Waals surface area contributed by atoms with Crippen LogP contribution in [0.25, 0.3) is 0 Å². The number of ether oxygens (including phenoxy) is 1. The molecule has 1 atom stereocenters. The molecule has 0 bridgehead atoms. The van der Waals surface area contributed by atoms with E-state index < -0.39 is 10.0 Å². The van der Waals surface area contributed by atoms with Gasteiger partial charge in [-0.2, -0.15) is 0 Å². The summed E-state index contributed by atoms with van der Waals surface area (Å²) in [5.74, 6) is 0.449. The largest absolute Gasteiger partial charge is 0.447 e. The third-order valence-electron chi connectivity index (χ3n) is 2.59. The Balaban J connectivity index is 2.07. The van der Waals surface area contributed by atoms with Gasteiger partial charge in [-0.05, 0) is 25.0 Å². The van der Waals surface area contributed by atoms with Crippen LogP contribution in [0.4, 0.5) is 0 Å². The van der Waals surface area contributed by atoms with Crippen LogP contribution in [0, 0.1) is 0 Å². The van der Waals surface area contributed by atoms with Crippen molar-refractivity contribution in [3.05, 3.63) is 17.9 Å². The predicted octanol–water partition coefficient (Wildman–Crippen LogP) is 0.196. The number of nitrogens with one attached hydrogen (secondary N) is 1. The molecule has 0 aliphatic carbocycles. The van der Waals surface area contributed by atoms with Crippen LogP contribution >= 0.6 is 0 Å². The molecule has 96 valence electrons. The van der Waals surface area contributed by atoms with E-state index in [2.05, 4.69) is 4.72 Å². The van der Waals surface area contributed by atoms with Gasteiger partial charge in [-0.1, -0.05) is 0 Å². The molecule has 0 radical (unpaired) electrons. The minimum atomic E-state index is -3.60. The minimum absolute atomic E-state index is 0.0940. The minimum Gasteiger partial charge on any atom is -0.447 e. The van der Waals surface area contributed by atoms with Gasteiger partial charge in [-0.15, -0.1) is 0 Å². The average molecular weight is 260 g/mol. The van der Waals surface area contributed by atoms with E-state index >= 15 is 0 Å². The molecular weight excluding hydrogens is 244 g/mol. The van der Waals surface area contributed by atoms with Crippen molar-refractivity contribution in [2.75, 3.05) is 13.2 Å².